The minimum absolute atomic E-state index is 0.106. The molecular weight excluding hydrogens is 354 g/mol. The van der Waals surface area contributed by atoms with E-state index in [1.54, 1.807) is 19.2 Å². The number of carbonyl (C=O) groups excluding carboxylic acids is 2. The number of carbonyl (C=O) groups is 2. The monoisotopic (exact) mass is 377 g/mol. The van der Waals surface area contributed by atoms with Gasteiger partial charge in [0.25, 0.3) is 5.91 Å². The number of nitrogens with zero attached hydrogens (tertiary/aromatic N) is 4. The molecule has 2 aliphatic heterocycles. The molecule has 2 aliphatic rings. The predicted octanol–water partition coefficient (Wildman–Crippen LogP) is 1.72. The van der Waals surface area contributed by atoms with E-state index < -0.39 is 5.91 Å². The maximum atomic E-state index is 11.9. The lowest BCUT2D eigenvalue weighted by Crippen LogP contribution is -2.46. The zero-order chi connectivity index (χ0) is 19.7. The number of hydrogen-bond acceptors (Lipinski definition) is 6. The normalized spacial score (nSPS) is 17.2. The van der Waals surface area contributed by atoms with Crippen molar-refractivity contribution in [2.75, 3.05) is 31.1 Å². The summed E-state index contributed by atoms with van der Waals surface area (Å²) in [7, 11) is 0. The van der Waals surface area contributed by atoms with Gasteiger partial charge < -0.3 is 10.6 Å². The number of Topliss-reactive ketones (excluding diaryl/α,β-unsaturated/α-hetero) is 1. The zero-order valence-electron chi connectivity index (χ0n) is 15.9. The number of aromatic nitrogens is 1. The Morgan fingerprint density at radius 1 is 1.14 bits per heavy atom. The summed E-state index contributed by atoms with van der Waals surface area (Å²) in [5.74, 6) is -0.404. The van der Waals surface area contributed by atoms with Crippen LogP contribution in [0, 0.1) is 0 Å². The average Bonchev–Trinajstić information content (AvgIpc) is 2.70. The summed E-state index contributed by atoms with van der Waals surface area (Å²) in [6.45, 7) is 6.29. The molecule has 0 bridgehead atoms. The summed E-state index contributed by atoms with van der Waals surface area (Å²) in [5, 5.41) is 0. The van der Waals surface area contributed by atoms with E-state index in [0.29, 0.717) is 12.1 Å². The number of ketones is 1. The lowest BCUT2D eigenvalue weighted by Gasteiger charge is -2.36. The van der Waals surface area contributed by atoms with E-state index in [4.69, 9.17) is 5.73 Å². The van der Waals surface area contributed by atoms with Crippen molar-refractivity contribution in [2.45, 2.75) is 19.9 Å². The third-order valence-electron chi connectivity index (χ3n) is 5.33. The first kappa shape index (κ1) is 18.3. The molecular formula is C21H23N5O2. The fraction of sp³-hybridized carbons (Fsp3) is 0.333. The van der Waals surface area contributed by atoms with Crippen LogP contribution in [0.15, 0.2) is 41.5 Å². The van der Waals surface area contributed by atoms with Gasteiger partial charge >= 0.3 is 0 Å². The minimum atomic E-state index is -0.510. The van der Waals surface area contributed by atoms with Crippen LogP contribution in [-0.4, -0.2) is 53.5 Å². The second-order valence-corrected chi connectivity index (χ2v) is 7.29. The number of anilines is 1. The number of nitrogens with two attached hydrogens (primary N) is 1. The highest BCUT2D eigenvalue weighted by atomic mass is 16.1. The van der Waals surface area contributed by atoms with E-state index >= 15 is 0 Å². The first-order valence-electron chi connectivity index (χ1n) is 9.43. The number of pyridine rings is 1. The van der Waals surface area contributed by atoms with Crippen LogP contribution < -0.4 is 10.6 Å². The Hall–Kier alpha value is -3.06. The van der Waals surface area contributed by atoms with E-state index in [1.807, 2.05) is 12.1 Å². The molecule has 0 unspecified atom stereocenters. The van der Waals surface area contributed by atoms with Crippen LogP contribution in [0.25, 0.3) is 0 Å². The molecule has 7 heteroatoms. The van der Waals surface area contributed by atoms with E-state index in [9.17, 15) is 9.59 Å². The summed E-state index contributed by atoms with van der Waals surface area (Å²) in [6, 6.07) is 9.80. The van der Waals surface area contributed by atoms with E-state index in [2.05, 4.69) is 31.9 Å². The molecule has 2 N–H and O–H groups in total. The lowest BCUT2D eigenvalue weighted by molar-refractivity contribution is -0.112. The molecule has 7 nitrogen and oxygen atoms in total. The highest BCUT2D eigenvalue weighted by Gasteiger charge is 2.20. The largest absolute Gasteiger partial charge is 0.368 e. The van der Waals surface area contributed by atoms with Crippen LogP contribution in [0.3, 0.4) is 0 Å². The third kappa shape index (κ3) is 3.80. The Morgan fingerprint density at radius 2 is 1.93 bits per heavy atom. The Morgan fingerprint density at radius 3 is 2.61 bits per heavy atom. The molecule has 1 aromatic carbocycles. The van der Waals surface area contributed by atoms with Gasteiger partial charge in [-0.05, 0) is 36.2 Å². The number of rotatable bonds is 4. The Kier molecular flexibility index (Phi) is 4.92. The summed E-state index contributed by atoms with van der Waals surface area (Å²) in [6.07, 6.45) is 2.15. The van der Waals surface area contributed by atoms with Gasteiger partial charge in [0.1, 0.15) is 5.69 Å². The first-order valence-corrected chi connectivity index (χ1v) is 9.43. The molecule has 0 saturated carbocycles. The molecule has 2 aromatic rings. The molecule has 1 aromatic heterocycles. The fourth-order valence-electron chi connectivity index (χ4n) is 3.67. The highest BCUT2D eigenvalue weighted by Crippen LogP contribution is 2.26. The van der Waals surface area contributed by atoms with Crippen molar-refractivity contribution >= 4 is 28.8 Å². The smallest absolute Gasteiger partial charge is 0.267 e. The van der Waals surface area contributed by atoms with E-state index in [1.165, 1.54) is 5.56 Å². The van der Waals surface area contributed by atoms with Gasteiger partial charge in [0.15, 0.2) is 5.78 Å². The van der Waals surface area contributed by atoms with Crippen molar-refractivity contribution in [1.29, 1.82) is 0 Å². The molecule has 28 heavy (non-hydrogen) atoms. The topological polar surface area (TPSA) is 91.9 Å². The standard InChI is InChI=1S/C21H23N5O2/c1-14-20(27)11-16-10-15(2-4-18(16)24-14)13-25-6-8-26(9-7-25)17-3-5-19(21(22)28)23-12-17/h2-5,10,12H,6-9,11,13H2,1H3,(H2,22,28). The number of fused-ring (bicyclic) bond motifs is 1. The summed E-state index contributed by atoms with van der Waals surface area (Å²) < 4.78 is 0. The summed E-state index contributed by atoms with van der Waals surface area (Å²) in [5.41, 5.74) is 10.3. The number of amides is 1. The molecule has 1 fully saturated rings. The third-order valence-corrected chi connectivity index (χ3v) is 5.33. The second kappa shape index (κ2) is 7.52. The number of primary amides is 1. The zero-order valence-corrected chi connectivity index (χ0v) is 15.9. The molecule has 0 aliphatic carbocycles. The molecule has 144 valence electrons. The van der Waals surface area contributed by atoms with Crippen LogP contribution >= 0.6 is 0 Å². The SMILES string of the molecule is CC1=Nc2ccc(CN3CCN(c4ccc(C(N)=O)nc4)CC3)cc2CC1=O. The molecule has 1 saturated heterocycles. The molecule has 3 heterocycles. The maximum Gasteiger partial charge on any atom is 0.267 e. The fourth-order valence-corrected chi connectivity index (χ4v) is 3.67. The molecule has 1 amide bonds. The highest BCUT2D eigenvalue weighted by molar-refractivity contribution is 6.40. The van der Waals surface area contributed by atoms with Gasteiger partial charge in [0.05, 0.1) is 23.3 Å². The number of piperazine rings is 1. The summed E-state index contributed by atoms with van der Waals surface area (Å²) in [4.78, 5) is 36.2. The minimum Gasteiger partial charge on any atom is -0.368 e. The quantitative estimate of drug-likeness (QED) is 0.876. The van der Waals surface area contributed by atoms with Crippen molar-refractivity contribution in [3.05, 3.63) is 53.3 Å². The van der Waals surface area contributed by atoms with Gasteiger partial charge in [0.2, 0.25) is 0 Å². The number of hydrogen-bond donors (Lipinski definition) is 1. The molecule has 0 radical (unpaired) electrons. The average molecular weight is 377 g/mol. The Labute approximate surface area is 163 Å². The van der Waals surface area contributed by atoms with E-state index in [0.717, 1.165) is 49.7 Å². The van der Waals surface area contributed by atoms with Crippen molar-refractivity contribution in [3.63, 3.8) is 0 Å². The van der Waals surface area contributed by atoms with Crippen LogP contribution in [0.2, 0.25) is 0 Å². The van der Waals surface area contributed by atoms with Crippen molar-refractivity contribution < 1.29 is 9.59 Å². The van der Waals surface area contributed by atoms with Crippen molar-refractivity contribution in [1.82, 2.24) is 9.88 Å². The van der Waals surface area contributed by atoms with Gasteiger partial charge in [-0.3, -0.25) is 14.5 Å². The summed E-state index contributed by atoms with van der Waals surface area (Å²) >= 11 is 0. The predicted molar refractivity (Wildman–Crippen MR) is 108 cm³/mol. The van der Waals surface area contributed by atoms with Crippen molar-refractivity contribution in [2.24, 2.45) is 10.7 Å². The van der Waals surface area contributed by atoms with Gasteiger partial charge in [0, 0.05) is 39.1 Å². The molecule has 0 atom stereocenters. The Balaban J connectivity index is 1.36. The number of aliphatic imine (C=N–C) groups is 1. The van der Waals surface area contributed by atoms with Gasteiger partial charge in [-0.15, -0.1) is 0 Å². The Bertz CT molecular complexity index is 944. The molecule has 4 rings (SSSR count). The van der Waals surface area contributed by atoms with Crippen LogP contribution in [0.4, 0.5) is 11.4 Å². The second-order valence-electron chi connectivity index (χ2n) is 7.29. The van der Waals surface area contributed by atoms with Gasteiger partial charge in [-0.2, -0.15) is 0 Å². The van der Waals surface area contributed by atoms with Crippen LogP contribution in [0.5, 0.6) is 0 Å². The lowest BCUT2D eigenvalue weighted by atomic mass is 9.98. The first-order chi connectivity index (χ1) is 13.5. The maximum absolute atomic E-state index is 11.9. The van der Waals surface area contributed by atoms with Gasteiger partial charge in [-0.25, -0.2) is 9.98 Å². The van der Waals surface area contributed by atoms with Crippen LogP contribution in [0.1, 0.15) is 28.5 Å². The van der Waals surface area contributed by atoms with Crippen LogP contribution in [-0.2, 0) is 17.8 Å². The van der Waals surface area contributed by atoms with Gasteiger partial charge in [-0.1, -0.05) is 12.1 Å². The number of benzene rings is 1. The van der Waals surface area contributed by atoms with Crippen molar-refractivity contribution in [3.8, 4) is 0 Å². The molecule has 0 spiro atoms. The van der Waals surface area contributed by atoms with E-state index in [-0.39, 0.29) is 11.5 Å².